The second kappa shape index (κ2) is 8.69. The molecule has 0 fully saturated rings. The van der Waals surface area contributed by atoms with E-state index in [0.717, 1.165) is 22.7 Å². The van der Waals surface area contributed by atoms with Gasteiger partial charge in [-0.2, -0.15) is 0 Å². The molecule has 1 amide bonds. The number of nitrogens with one attached hydrogen (secondary N) is 1. The zero-order chi connectivity index (χ0) is 17.5. The van der Waals surface area contributed by atoms with Crippen molar-refractivity contribution in [2.75, 3.05) is 26.0 Å². The van der Waals surface area contributed by atoms with Crippen molar-refractivity contribution in [2.45, 2.75) is 11.7 Å². The SMILES string of the molecule is COCCNC(=O)CSc1nc2ccccc2n1Cc1ccccc1. The number of fused-ring (bicyclic) bond motifs is 1. The van der Waals surface area contributed by atoms with E-state index in [-0.39, 0.29) is 5.91 Å². The number of carbonyl (C=O) groups is 1. The van der Waals surface area contributed by atoms with Gasteiger partial charge < -0.3 is 14.6 Å². The smallest absolute Gasteiger partial charge is 0.230 e. The topological polar surface area (TPSA) is 56.1 Å². The molecular formula is C19H21N3O2S. The zero-order valence-electron chi connectivity index (χ0n) is 14.1. The number of carbonyl (C=O) groups excluding carboxylic acids is 1. The van der Waals surface area contributed by atoms with Crippen LogP contribution < -0.4 is 5.32 Å². The average molecular weight is 355 g/mol. The van der Waals surface area contributed by atoms with Gasteiger partial charge in [-0.25, -0.2) is 4.98 Å². The van der Waals surface area contributed by atoms with E-state index < -0.39 is 0 Å². The summed E-state index contributed by atoms with van der Waals surface area (Å²) in [4.78, 5) is 16.6. The molecule has 2 aromatic carbocycles. The van der Waals surface area contributed by atoms with Crippen LogP contribution in [0.3, 0.4) is 0 Å². The van der Waals surface area contributed by atoms with Crippen LogP contribution in [0.1, 0.15) is 5.56 Å². The van der Waals surface area contributed by atoms with E-state index in [1.807, 2.05) is 36.4 Å². The normalized spacial score (nSPS) is 10.9. The van der Waals surface area contributed by atoms with Crippen molar-refractivity contribution in [3.05, 3.63) is 60.2 Å². The highest BCUT2D eigenvalue weighted by Gasteiger charge is 2.13. The summed E-state index contributed by atoms with van der Waals surface area (Å²) in [5, 5.41) is 3.69. The first-order chi connectivity index (χ1) is 12.3. The third kappa shape index (κ3) is 4.61. The van der Waals surface area contributed by atoms with Crippen LogP contribution in [0.2, 0.25) is 0 Å². The maximum absolute atomic E-state index is 12.0. The van der Waals surface area contributed by atoms with Gasteiger partial charge in [0.15, 0.2) is 5.16 Å². The van der Waals surface area contributed by atoms with Crippen molar-refractivity contribution in [3.63, 3.8) is 0 Å². The van der Waals surface area contributed by atoms with E-state index in [2.05, 4.69) is 28.1 Å². The number of nitrogens with zero attached hydrogens (tertiary/aromatic N) is 2. The highest BCUT2D eigenvalue weighted by Crippen LogP contribution is 2.25. The molecule has 25 heavy (non-hydrogen) atoms. The Bertz CT molecular complexity index is 833. The molecule has 3 aromatic rings. The second-order valence-corrected chi connectivity index (χ2v) is 6.53. The lowest BCUT2D eigenvalue weighted by Gasteiger charge is -2.09. The standard InChI is InChI=1S/C19H21N3O2S/c1-24-12-11-20-18(23)14-25-19-21-16-9-5-6-10-17(16)22(19)13-15-7-3-2-4-8-15/h2-10H,11-14H2,1H3,(H,20,23). The largest absolute Gasteiger partial charge is 0.383 e. The third-order valence-electron chi connectivity index (χ3n) is 3.76. The monoisotopic (exact) mass is 355 g/mol. The number of methoxy groups -OCH3 is 1. The van der Waals surface area contributed by atoms with Crippen molar-refractivity contribution >= 4 is 28.7 Å². The Balaban J connectivity index is 1.77. The molecule has 0 bridgehead atoms. The first-order valence-electron chi connectivity index (χ1n) is 8.15. The molecule has 0 radical (unpaired) electrons. The molecule has 0 atom stereocenters. The zero-order valence-corrected chi connectivity index (χ0v) is 15.0. The number of para-hydroxylation sites is 2. The van der Waals surface area contributed by atoms with Gasteiger partial charge in [0.25, 0.3) is 0 Å². The van der Waals surface area contributed by atoms with Crippen molar-refractivity contribution in [3.8, 4) is 0 Å². The fraction of sp³-hybridized carbons (Fsp3) is 0.263. The Hall–Kier alpha value is -2.31. The molecule has 1 N–H and O–H groups in total. The summed E-state index contributed by atoms with van der Waals surface area (Å²) < 4.78 is 7.11. The number of benzene rings is 2. The molecule has 1 aromatic heterocycles. The van der Waals surface area contributed by atoms with Gasteiger partial charge in [-0.3, -0.25) is 4.79 Å². The molecule has 0 saturated heterocycles. The highest BCUT2D eigenvalue weighted by atomic mass is 32.2. The summed E-state index contributed by atoms with van der Waals surface area (Å²) in [6.45, 7) is 1.77. The molecular weight excluding hydrogens is 334 g/mol. The number of imidazole rings is 1. The number of hydrogen-bond acceptors (Lipinski definition) is 4. The van der Waals surface area contributed by atoms with E-state index in [1.165, 1.54) is 17.3 Å². The van der Waals surface area contributed by atoms with Crippen LogP contribution in [0, 0.1) is 0 Å². The molecule has 5 nitrogen and oxygen atoms in total. The molecule has 0 aliphatic rings. The van der Waals surface area contributed by atoms with Crippen LogP contribution in [-0.2, 0) is 16.1 Å². The minimum absolute atomic E-state index is 0.0135. The summed E-state index contributed by atoms with van der Waals surface area (Å²) in [7, 11) is 1.62. The van der Waals surface area contributed by atoms with Crippen LogP contribution in [0.4, 0.5) is 0 Å². The molecule has 6 heteroatoms. The number of amides is 1. The average Bonchev–Trinajstić information content (AvgIpc) is 2.99. The van der Waals surface area contributed by atoms with Crippen LogP contribution in [0.15, 0.2) is 59.8 Å². The van der Waals surface area contributed by atoms with Crippen LogP contribution in [0.25, 0.3) is 11.0 Å². The quantitative estimate of drug-likeness (QED) is 0.499. The Labute approximate surface area is 151 Å². The van der Waals surface area contributed by atoms with Crippen LogP contribution >= 0.6 is 11.8 Å². The van der Waals surface area contributed by atoms with E-state index >= 15 is 0 Å². The first-order valence-corrected chi connectivity index (χ1v) is 9.14. The molecule has 3 rings (SSSR count). The van der Waals surface area contributed by atoms with Gasteiger partial charge in [0.2, 0.25) is 5.91 Å². The molecule has 0 unspecified atom stereocenters. The lowest BCUT2D eigenvalue weighted by Crippen LogP contribution is -2.28. The predicted molar refractivity (Wildman–Crippen MR) is 101 cm³/mol. The van der Waals surface area contributed by atoms with E-state index in [1.54, 1.807) is 7.11 Å². The van der Waals surface area contributed by atoms with Gasteiger partial charge in [0.05, 0.1) is 29.9 Å². The maximum atomic E-state index is 12.0. The fourth-order valence-corrected chi connectivity index (χ4v) is 3.40. The van der Waals surface area contributed by atoms with Gasteiger partial charge in [-0.1, -0.05) is 54.2 Å². The van der Waals surface area contributed by atoms with Crippen molar-refractivity contribution in [1.82, 2.24) is 14.9 Å². The Morgan fingerprint density at radius 2 is 1.92 bits per heavy atom. The lowest BCUT2D eigenvalue weighted by atomic mass is 10.2. The number of ether oxygens (including phenoxy) is 1. The molecule has 0 aliphatic heterocycles. The summed E-state index contributed by atoms with van der Waals surface area (Å²) in [6.07, 6.45) is 0. The summed E-state index contributed by atoms with van der Waals surface area (Å²) in [5.41, 5.74) is 3.23. The van der Waals surface area contributed by atoms with Crippen molar-refractivity contribution in [2.24, 2.45) is 0 Å². The van der Waals surface area contributed by atoms with Crippen molar-refractivity contribution < 1.29 is 9.53 Å². The fourth-order valence-electron chi connectivity index (χ4n) is 2.56. The molecule has 0 spiro atoms. The van der Waals surface area contributed by atoms with E-state index in [0.29, 0.717) is 18.9 Å². The summed E-state index contributed by atoms with van der Waals surface area (Å²) >= 11 is 1.46. The van der Waals surface area contributed by atoms with Gasteiger partial charge >= 0.3 is 0 Å². The van der Waals surface area contributed by atoms with Crippen LogP contribution in [0.5, 0.6) is 0 Å². The van der Waals surface area contributed by atoms with Gasteiger partial charge in [0.1, 0.15) is 0 Å². The number of thioether (sulfide) groups is 1. The minimum Gasteiger partial charge on any atom is -0.383 e. The number of hydrogen-bond donors (Lipinski definition) is 1. The van der Waals surface area contributed by atoms with E-state index in [9.17, 15) is 4.79 Å². The molecule has 1 heterocycles. The molecule has 130 valence electrons. The third-order valence-corrected chi connectivity index (χ3v) is 4.74. The van der Waals surface area contributed by atoms with Gasteiger partial charge in [-0.15, -0.1) is 0 Å². The van der Waals surface area contributed by atoms with Gasteiger partial charge in [-0.05, 0) is 17.7 Å². The number of aromatic nitrogens is 2. The Morgan fingerprint density at radius 1 is 1.16 bits per heavy atom. The lowest BCUT2D eigenvalue weighted by molar-refractivity contribution is -0.118. The van der Waals surface area contributed by atoms with E-state index in [4.69, 9.17) is 9.72 Å². The molecule has 0 aliphatic carbocycles. The predicted octanol–water partition coefficient (Wildman–Crippen LogP) is 2.94. The summed E-state index contributed by atoms with van der Waals surface area (Å²) in [5.74, 6) is 0.322. The van der Waals surface area contributed by atoms with Crippen molar-refractivity contribution in [1.29, 1.82) is 0 Å². The first kappa shape index (κ1) is 17.5. The maximum Gasteiger partial charge on any atom is 0.230 e. The minimum atomic E-state index is -0.0135. The molecule has 0 saturated carbocycles. The Kier molecular flexibility index (Phi) is 6.09. The Morgan fingerprint density at radius 3 is 2.72 bits per heavy atom. The highest BCUT2D eigenvalue weighted by molar-refractivity contribution is 7.99. The summed E-state index contributed by atoms with van der Waals surface area (Å²) in [6, 6.07) is 18.3. The van der Waals surface area contributed by atoms with Gasteiger partial charge in [0, 0.05) is 13.7 Å². The van der Waals surface area contributed by atoms with Crippen LogP contribution in [-0.4, -0.2) is 41.5 Å². The number of rotatable bonds is 8. The second-order valence-electron chi connectivity index (χ2n) is 5.59.